The van der Waals surface area contributed by atoms with Crippen LogP contribution < -0.4 is 5.56 Å². The lowest BCUT2D eigenvalue weighted by Gasteiger charge is -2.35. The van der Waals surface area contributed by atoms with Crippen molar-refractivity contribution < 1.29 is 23.9 Å². The topological polar surface area (TPSA) is 105 Å². The van der Waals surface area contributed by atoms with Crippen LogP contribution in [0.3, 0.4) is 0 Å². The number of ether oxygens (including phenoxy) is 2. The van der Waals surface area contributed by atoms with E-state index in [4.69, 9.17) is 14.5 Å². The maximum absolute atomic E-state index is 13.3. The highest BCUT2D eigenvalue weighted by Crippen LogP contribution is 2.40. The summed E-state index contributed by atoms with van der Waals surface area (Å²) < 4.78 is 12.2. The number of rotatable bonds is 3. The number of benzene rings is 1. The quantitative estimate of drug-likeness (QED) is 0.371. The van der Waals surface area contributed by atoms with E-state index in [0.29, 0.717) is 17.9 Å². The maximum Gasteiger partial charge on any atom is 0.375 e. The molecular weight excluding hydrogens is 400 g/mol. The Balaban J connectivity index is 1.76. The molecule has 2 aliphatic rings. The molecule has 0 amide bonds. The van der Waals surface area contributed by atoms with E-state index in [9.17, 15) is 19.2 Å². The summed E-state index contributed by atoms with van der Waals surface area (Å²) in [5.74, 6) is -2.80. The summed E-state index contributed by atoms with van der Waals surface area (Å²) in [6.07, 6.45) is 0.0127. The Bertz CT molecular complexity index is 1370. The van der Waals surface area contributed by atoms with E-state index in [1.54, 1.807) is 17.6 Å². The summed E-state index contributed by atoms with van der Waals surface area (Å²) in [5.41, 5.74) is 1.14. The number of carbonyl (C=O) groups is 3. The van der Waals surface area contributed by atoms with E-state index in [-0.39, 0.29) is 29.7 Å². The normalized spacial score (nSPS) is 18.7. The molecule has 156 valence electrons. The molecule has 0 bridgehead atoms. The predicted molar refractivity (Wildman–Crippen MR) is 109 cm³/mol. The second-order valence-electron chi connectivity index (χ2n) is 7.70. The number of Topliss-reactive ketones (excluding diaryl/α,β-unsaturated/α-hetero) is 1. The van der Waals surface area contributed by atoms with Crippen LogP contribution in [0.2, 0.25) is 0 Å². The first-order valence-electron chi connectivity index (χ1n) is 9.93. The number of carbonyl (C=O) groups excluding carboxylic acids is 3. The largest absolute Gasteiger partial charge is 0.457 e. The fourth-order valence-electron chi connectivity index (χ4n) is 4.31. The van der Waals surface area contributed by atoms with Crippen molar-refractivity contribution in [2.24, 2.45) is 0 Å². The van der Waals surface area contributed by atoms with Crippen LogP contribution in [0, 0.1) is 0 Å². The minimum absolute atomic E-state index is 0.0127. The van der Waals surface area contributed by atoms with Gasteiger partial charge in [0.25, 0.3) is 5.56 Å². The van der Waals surface area contributed by atoms with Gasteiger partial charge in [-0.3, -0.25) is 9.59 Å². The summed E-state index contributed by atoms with van der Waals surface area (Å²) >= 11 is 0. The summed E-state index contributed by atoms with van der Waals surface area (Å²) in [4.78, 5) is 54.5. The molecule has 4 heterocycles. The molecular formula is C23H18N2O6. The van der Waals surface area contributed by atoms with E-state index in [1.165, 1.54) is 0 Å². The number of para-hydroxylation sites is 1. The third-order valence-electron chi connectivity index (χ3n) is 5.94. The lowest BCUT2D eigenvalue weighted by atomic mass is 9.85. The molecule has 0 aliphatic carbocycles. The fourth-order valence-corrected chi connectivity index (χ4v) is 4.31. The third-order valence-corrected chi connectivity index (χ3v) is 5.94. The van der Waals surface area contributed by atoms with Crippen molar-refractivity contribution in [1.29, 1.82) is 0 Å². The zero-order chi connectivity index (χ0) is 21.9. The molecule has 8 heteroatoms. The van der Waals surface area contributed by atoms with Gasteiger partial charge in [-0.05, 0) is 24.6 Å². The minimum Gasteiger partial charge on any atom is -0.457 e. The van der Waals surface area contributed by atoms with Gasteiger partial charge in [-0.1, -0.05) is 25.1 Å². The number of hydrogen-bond acceptors (Lipinski definition) is 7. The van der Waals surface area contributed by atoms with Crippen LogP contribution >= 0.6 is 0 Å². The summed E-state index contributed by atoms with van der Waals surface area (Å²) in [5, 5.41) is 0.962. The smallest absolute Gasteiger partial charge is 0.375 e. The van der Waals surface area contributed by atoms with E-state index in [0.717, 1.165) is 23.4 Å². The standard InChI is InChI=1S/C23H18N2O6/c1-3-23(31-21(28)12(2)26)16-9-18-19-14(8-13-6-4-5-7-17(13)24-19)10-25(18)20(27)15(16)11-30-22(23)29/h4-9H,3,10-11H2,1-2H3/t23-/m0/s1. The first-order valence-corrected chi connectivity index (χ1v) is 9.93. The van der Waals surface area contributed by atoms with E-state index in [1.807, 2.05) is 30.3 Å². The van der Waals surface area contributed by atoms with Crippen LogP contribution in [0.5, 0.6) is 0 Å². The van der Waals surface area contributed by atoms with E-state index in [2.05, 4.69) is 0 Å². The molecule has 0 saturated heterocycles. The molecule has 1 atom stereocenters. The highest BCUT2D eigenvalue weighted by Gasteiger charge is 2.50. The van der Waals surface area contributed by atoms with Gasteiger partial charge in [0.1, 0.15) is 6.61 Å². The Morgan fingerprint density at radius 2 is 2.00 bits per heavy atom. The Morgan fingerprint density at radius 3 is 2.74 bits per heavy atom. The first kappa shape index (κ1) is 19.2. The highest BCUT2D eigenvalue weighted by atomic mass is 16.6. The zero-order valence-corrected chi connectivity index (χ0v) is 16.9. The number of esters is 2. The van der Waals surface area contributed by atoms with Crippen LogP contribution in [0.1, 0.15) is 37.0 Å². The number of pyridine rings is 2. The number of cyclic esters (lactones) is 1. The number of fused-ring (bicyclic) bond motifs is 5. The van der Waals surface area contributed by atoms with E-state index >= 15 is 0 Å². The number of nitrogens with zero attached hydrogens (tertiary/aromatic N) is 2. The molecule has 3 aromatic rings. The first-order chi connectivity index (χ1) is 14.9. The molecule has 2 aliphatic heterocycles. The van der Waals surface area contributed by atoms with E-state index < -0.39 is 23.3 Å². The molecule has 0 radical (unpaired) electrons. The Hall–Kier alpha value is -3.81. The van der Waals surface area contributed by atoms with Gasteiger partial charge in [-0.25, -0.2) is 14.6 Å². The molecule has 5 rings (SSSR count). The van der Waals surface area contributed by atoms with Gasteiger partial charge < -0.3 is 14.0 Å². The maximum atomic E-state index is 13.3. The van der Waals surface area contributed by atoms with Crippen LogP contribution in [0.15, 0.2) is 41.2 Å². The summed E-state index contributed by atoms with van der Waals surface area (Å²) in [6, 6.07) is 11.3. The molecule has 2 aromatic heterocycles. The van der Waals surface area contributed by atoms with Crippen molar-refractivity contribution in [3.05, 3.63) is 63.4 Å². The Labute approximate surface area is 176 Å². The van der Waals surface area contributed by atoms with Crippen molar-refractivity contribution in [1.82, 2.24) is 9.55 Å². The van der Waals surface area contributed by atoms with Gasteiger partial charge in [0, 0.05) is 23.4 Å². The van der Waals surface area contributed by atoms with Gasteiger partial charge in [-0.15, -0.1) is 0 Å². The lowest BCUT2D eigenvalue weighted by Crippen LogP contribution is -2.48. The molecule has 0 fully saturated rings. The molecule has 0 saturated carbocycles. The number of hydrogen-bond donors (Lipinski definition) is 0. The molecule has 1 aromatic carbocycles. The van der Waals surface area contributed by atoms with Crippen molar-refractivity contribution in [3.63, 3.8) is 0 Å². The molecule has 8 nitrogen and oxygen atoms in total. The number of ketones is 1. The van der Waals surface area contributed by atoms with Crippen LogP contribution in [-0.4, -0.2) is 27.3 Å². The van der Waals surface area contributed by atoms with Gasteiger partial charge in [0.2, 0.25) is 11.4 Å². The molecule has 0 spiro atoms. The van der Waals surface area contributed by atoms with Crippen LogP contribution in [0.4, 0.5) is 0 Å². The third kappa shape index (κ3) is 2.64. The summed E-state index contributed by atoms with van der Waals surface area (Å²) in [7, 11) is 0. The second-order valence-corrected chi connectivity index (χ2v) is 7.70. The van der Waals surface area contributed by atoms with Gasteiger partial charge >= 0.3 is 11.9 Å². The average Bonchev–Trinajstić information content (AvgIpc) is 3.12. The van der Waals surface area contributed by atoms with Gasteiger partial charge in [0.15, 0.2) is 0 Å². The molecule has 0 unspecified atom stereocenters. The Kier molecular flexibility index (Phi) is 4.08. The number of aromatic nitrogens is 2. The van der Waals surface area contributed by atoms with Crippen LogP contribution in [0.25, 0.3) is 22.3 Å². The zero-order valence-electron chi connectivity index (χ0n) is 16.9. The predicted octanol–water partition coefficient (Wildman–Crippen LogP) is 2.22. The highest BCUT2D eigenvalue weighted by molar-refractivity contribution is 6.32. The summed E-state index contributed by atoms with van der Waals surface area (Å²) in [6.45, 7) is 2.81. The van der Waals surface area contributed by atoms with Crippen molar-refractivity contribution >= 4 is 28.6 Å². The van der Waals surface area contributed by atoms with Crippen molar-refractivity contribution in [2.45, 2.75) is 39.0 Å². The average molecular weight is 418 g/mol. The molecule has 31 heavy (non-hydrogen) atoms. The van der Waals surface area contributed by atoms with Gasteiger partial charge in [-0.2, -0.15) is 0 Å². The SMILES string of the molecule is CC[C@@]1(OC(=O)C(C)=O)C(=O)OCc2c1cc1n(c2=O)Cc2cc3ccccc3nc2-1. The van der Waals surface area contributed by atoms with Gasteiger partial charge in [0.05, 0.1) is 29.0 Å². The molecule has 0 N–H and O–H groups in total. The van der Waals surface area contributed by atoms with Crippen LogP contribution in [-0.2, 0) is 42.6 Å². The van der Waals surface area contributed by atoms with Crippen molar-refractivity contribution in [2.75, 3.05) is 0 Å². The van der Waals surface area contributed by atoms with Crippen molar-refractivity contribution in [3.8, 4) is 11.4 Å². The monoisotopic (exact) mass is 418 g/mol. The fraction of sp³-hybridized carbons (Fsp3) is 0.261. The minimum atomic E-state index is -1.86. The second kappa shape index (κ2) is 6.60. The lowest BCUT2D eigenvalue weighted by molar-refractivity contribution is -0.189. The Morgan fingerprint density at radius 1 is 1.23 bits per heavy atom.